The largest absolute Gasteiger partial charge is 0.326 e. The highest BCUT2D eigenvalue weighted by Crippen LogP contribution is 2.21. The number of nitrogens with two attached hydrogens (primary N) is 1. The highest BCUT2D eigenvalue weighted by molar-refractivity contribution is 6.04. The van der Waals surface area contributed by atoms with Crippen molar-refractivity contribution in [3.05, 3.63) is 95.1 Å². The van der Waals surface area contributed by atoms with E-state index in [4.69, 9.17) is 5.73 Å². The Morgan fingerprint density at radius 3 is 2.47 bits per heavy atom. The quantitative estimate of drug-likeness (QED) is 0.335. The van der Waals surface area contributed by atoms with E-state index >= 15 is 0 Å². The first-order valence-electron chi connectivity index (χ1n) is 11.1. The molecule has 0 spiro atoms. The fraction of sp³-hybridized carbons (Fsp3) is 0.192. The lowest BCUT2D eigenvalue weighted by atomic mass is 10.00. The fourth-order valence-electron chi connectivity index (χ4n) is 3.59. The number of hydrogen-bond donors (Lipinski definition) is 2. The molecule has 0 atom stereocenters. The molecule has 3 N–H and O–H groups in total. The van der Waals surface area contributed by atoms with Gasteiger partial charge in [-0.2, -0.15) is 0 Å². The number of aromatic nitrogens is 4. The summed E-state index contributed by atoms with van der Waals surface area (Å²) in [4.78, 5) is 30.0. The molecule has 4 rings (SSSR count). The third-order valence-corrected chi connectivity index (χ3v) is 5.50. The maximum absolute atomic E-state index is 14.5. The molecule has 8 nitrogen and oxygen atoms in total. The molecule has 0 aliphatic carbocycles. The van der Waals surface area contributed by atoms with Crippen LogP contribution in [0.1, 0.15) is 51.7 Å². The van der Waals surface area contributed by atoms with Crippen molar-refractivity contribution in [1.29, 1.82) is 0 Å². The van der Waals surface area contributed by atoms with Crippen molar-refractivity contribution < 1.29 is 14.0 Å². The Bertz CT molecular complexity index is 1370. The molecule has 0 aliphatic heterocycles. The average molecular weight is 509 g/mol. The third kappa shape index (κ3) is 5.99. The van der Waals surface area contributed by atoms with Gasteiger partial charge in [-0.15, -0.1) is 22.6 Å². The molecule has 1 amide bonds. The molecule has 0 fully saturated rings. The maximum Gasteiger partial charge on any atom is 0.259 e. The van der Waals surface area contributed by atoms with Crippen LogP contribution in [-0.2, 0) is 13.0 Å². The van der Waals surface area contributed by atoms with E-state index in [9.17, 15) is 14.0 Å². The number of nitrogens with one attached hydrogen (secondary N) is 1. The lowest BCUT2D eigenvalue weighted by Gasteiger charge is -2.11. The second kappa shape index (κ2) is 11.7. The molecule has 0 unspecified atom stereocenters. The van der Waals surface area contributed by atoms with Gasteiger partial charge in [-0.05, 0) is 49.2 Å². The molecule has 0 saturated carbocycles. The minimum atomic E-state index is -0.693. The lowest BCUT2D eigenvalue weighted by Crippen LogP contribution is -2.16. The Labute approximate surface area is 214 Å². The van der Waals surface area contributed by atoms with Gasteiger partial charge in [0, 0.05) is 24.6 Å². The summed E-state index contributed by atoms with van der Waals surface area (Å²) in [7, 11) is 0. The van der Waals surface area contributed by atoms with Crippen LogP contribution in [0, 0.1) is 5.82 Å². The first-order valence-corrected chi connectivity index (χ1v) is 11.1. The van der Waals surface area contributed by atoms with E-state index in [1.54, 1.807) is 48.8 Å². The van der Waals surface area contributed by atoms with Gasteiger partial charge < -0.3 is 15.6 Å². The highest BCUT2D eigenvalue weighted by atomic mass is 35.5. The summed E-state index contributed by atoms with van der Waals surface area (Å²) >= 11 is 0. The molecular weight excluding hydrogens is 483 g/mol. The van der Waals surface area contributed by atoms with Crippen molar-refractivity contribution in [3.63, 3.8) is 0 Å². The van der Waals surface area contributed by atoms with Crippen molar-refractivity contribution in [2.45, 2.75) is 32.9 Å². The van der Waals surface area contributed by atoms with E-state index < -0.39 is 11.7 Å². The van der Waals surface area contributed by atoms with Gasteiger partial charge in [0.05, 0.1) is 5.56 Å². The average Bonchev–Trinajstić information content (AvgIpc) is 3.36. The third-order valence-electron chi connectivity index (χ3n) is 5.50. The predicted molar refractivity (Wildman–Crippen MR) is 138 cm³/mol. The molecule has 36 heavy (non-hydrogen) atoms. The molecule has 2 aromatic carbocycles. The number of amides is 1. The summed E-state index contributed by atoms with van der Waals surface area (Å²) in [5.74, 6) is -0.704. The van der Waals surface area contributed by atoms with Crippen molar-refractivity contribution in [3.8, 4) is 11.5 Å². The summed E-state index contributed by atoms with van der Waals surface area (Å²) in [6.07, 6.45) is 1.64. The smallest absolute Gasteiger partial charge is 0.259 e. The van der Waals surface area contributed by atoms with Crippen molar-refractivity contribution in [1.82, 2.24) is 19.7 Å². The second-order valence-corrected chi connectivity index (χ2v) is 8.33. The Morgan fingerprint density at radius 2 is 1.78 bits per heavy atom. The Morgan fingerprint density at radius 1 is 1.06 bits per heavy atom. The summed E-state index contributed by atoms with van der Waals surface area (Å²) < 4.78 is 16.4. The standard InChI is InChI=1S/C26H25FN6O2.ClH/c1-16(2)33-15-29-32-25(33)22-4-3-5-24(30-22)31-26(35)20-12-18(8-11-21(20)27)13-23(34)19-9-6-17(14-28)7-10-19;/h3-12,15-16H,13-14,28H2,1-2H3,(H,30,31,35);1H. The van der Waals surface area contributed by atoms with E-state index in [0.717, 1.165) is 5.56 Å². The molecule has 2 aromatic heterocycles. The van der Waals surface area contributed by atoms with Gasteiger partial charge in [0.25, 0.3) is 5.91 Å². The van der Waals surface area contributed by atoms with Gasteiger partial charge >= 0.3 is 0 Å². The van der Waals surface area contributed by atoms with Crippen LogP contribution in [0.2, 0.25) is 0 Å². The number of anilines is 1. The first-order chi connectivity index (χ1) is 16.9. The lowest BCUT2D eigenvalue weighted by molar-refractivity contribution is 0.0988. The number of carbonyl (C=O) groups is 2. The monoisotopic (exact) mass is 508 g/mol. The SMILES string of the molecule is CC(C)n1cnnc1-c1cccc(NC(=O)c2cc(CC(=O)c3ccc(CN)cc3)ccc2F)n1.Cl. The molecule has 186 valence electrons. The van der Waals surface area contributed by atoms with E-state index in [0.29, 0.717) is 29.2 Å². The van der Waals surface area contributed by atoms with Gasteiger partial charge in [-0.1, -0.05) is 36.4 Å². The second-order valence-electron chi connectivity index (χ2n) is 8.33. The zero-order valence-electron chi connectivity index (χ0n) is 19.8. The van der Waals surface area contributed by atoms with Crippen LogP contribution >= 0.6 is 12.4 Å². The normalized spacial score (nSPS) is 10.7. The number of hydrogen-bond acceptors (Lipinski definition) is 6. The molecule has 2 heterocycles. The Hall–Kier alpha value is -3.95. The number of halogens is 2. The minimum absolute atomic E-state index is 0. The predicted octanol–water partition coefficient (Wildman–Crippen LogP) is 4.62. The van der Waals surface area contributed by atoms with Crippen LogP contribution < -0.4 is 11.1 Å². The molecule has 0 aliphatic rings. The first kappa shape index (κ1) is 26.7. The maximum atomic E-state index is 14.5. The van der Waals surface area contributed by atoms with Gasteiger partial charge in [-0.25, -0.2) is 9.37 Å². The van der Waals surface area contributed by atoms with Crippen molar-refractivity contribution in [2.24, 2.45) is 5.73 Å². The summed E-state index contributed by atoms with van der Waals surface area (Å²) in [5, 5.41) is 10.7. The van der Waals surface area contributed by atoms with E-state index in [1.807, 2.05) is 18.4 Å². The zero-order chi connectivity index (χ0) is 24.9. The van der Waals surface area contributed by atoms with E-state index in [2.05, 4.69) is 20.5 Å². The summed E-state index contributed by atoms with van der Waals surface area (Å²) in [6.45, 7) is 4.38. The van der Waals surface area contributed by atoms with Crippen LogP contribution in [-0.4, -0.2) is 31.4 Å². The highest BCUT2D eigenvalue weighted by Gasteiger charge is 2.17. The zero-order valence-corrected chi connectivity index (χ0v) is 20.6. The minimum Gasteiger partial charge on any atom is -0.326 e. The topological polar surface area (TPSA) is 116 Å². The van der Waals surface area contributed by atoms with Gasteiger partial charge in [0.2, 0.25) is 0 Å². The molecular formula is C26H26ClFN6O2. The number of nitrogens with zero attached hydrogens (tertiary/aromatic N) is 4. The van der Waals surface area contributed by atoms with Gasteiger partial charge in [-0.3, -0.25) is 9.59 Å². The van der Waals surface area contributed by atoms with Gasteiger partial charge in [0.1, 0.15) is 23.7 Å². The molecule has 0 saturated heterocycles. The number of Topliss-reactive ketones (excluding diaryl/α,β-unsaturated/α-hetero) is 1. The molecule has 4 aromatic rings. The van der Waals surface area contributed by atoms with Crippen LogP contribution in [0.15, 0.2) is 67.0 Å². The van der Waals surface area contributed by atoms with Gasteiger partial charge in [0.15, 0.2) is 11.6 Å². The fourth-order valence-corrected chi connectivity index (χ4v) is 3.59. The number of benzene rings is 2. The van der Waals surface area contributed by atoms with Crippen LogP contribution in [0.5, 0.6) is 0 Å². The number of rotatable bonds is 8. The van der Waals surface area contributed by atoms with Crippen molar-refractivity contribution in [2.75, 3.05) is 5.32 Å². The Balaban J connectivity index is 0.00000361. The van der Waals surface area contributed by atoms with Crippen LogP contribution in [0.3, 0.4) is 0 Å². The Kier molecular flexibility index (Phi) is 8.63. The van der Waals surface area contributed by atoms with Crippen LogP contribution in [0.4, 0.5) is 10.2 Å². The van der Waals surface area contributed by atoms with E-state index in [-0.39, 0.29) is 42.0 Å². The summed E-state index contributed by atoms with van der Waals surface area (Å²) in [6, 6.07) is 16.3. The molecule has 10 heteroatoms. The summed E-state index contributed by atoms with van der Waals surface area (Å²) in [5.41, 5.74) is 7.91. The number of carbonyl (C=O) groups excluding carboxylic acids is 2. The number of ketones is 1. The molecule has 0 radical (unpaired) electrons. The van der Waals surface area contributed by atoms with Crippen molar-refractivity contribution >= 4 is 29.9 Å². The van der Waals surface area contributed by atoms with E-state index in [1.165, 1.54) is 18.2 Å². The molecule has 0 bridgehead atoms. The number of pyridine rings is 1. The van der Waals surface area contributed by atoms with Crippen LogP contribution in [0.25, 0.3) is 11.5 Å².